The van der Waals surface area contributed by atoms with Crippen LogP contribution in [0.3, 0.4) is 0 Å². The number of pyridine rings is 1. The third-order valence-electron chi connectivity index (χ3n) is 7.41. The number of hydrogen-bond acceptors (Lipinski definition) is 4. The van der Waals surface area contributed by atoms with E-state index in [0.717, 1.165) is 29.0 Å². The van der Waals surface area contributed by atoms with Crippen molar-refractivity contribution < 1.29 is 27.0 Å². The number of nitrogens with zero attached hydrogens (tertiary/aromatic N) is 2. The normalized spacial score (nSPS) is 15.8. The zero-order chi connectivity index (χ0) is 30.5. The van der Waals surface area contributed by atoms with E-state index in [0.29, 0.717) is 13.2 Å². The molecule has 43 heavy (non-hydrogen) atoms. The van der Waals surface area contributed by atoms with E-state index < -0.39 is 35.6 Å². The summed E-state index contributed by atoms with van der Waals surface area (Å²) < 4.78 is 69.2. The second-order valence-corrected chi connectivity index (χ2v) is 9.93. The van der Waals surface area contributed by atoms with Crippen molar-refractivity contribution in [3.05, 3.63) is 155 Å². The molecule has 2 heterocycles. The first-order valence-corrected chi connectivity index (χ1v) is 14.1. The van der Waals surface area contributed by atoms with Gasteiger partial charge in [0.15, 0.2) is 6.29 Å². The van der Waals surface area contributed by atoms with Gasteiger partial charge in [0.1, 0.15) is 23.1 Å². The van der Waals surface area contributed by atoms with E-state index in [9.17, 15) is 13.2 Å². The van der Waals surface area contributed by atoms with Gasteiger partial charge in [0.25, 0.3) is 0 Å². The minimum atomic E-state index is -4.64. The van der Waals surface area contributed by atoms with Crippen molar-refractivity contribution in [2.45, 2.75) is 37.9 Å². The standard InChI is InChI=1S/C35H32F4N2O2/c1-3-42-33(43-4-2)30-22-21-29(36)32(25-20-23-31(40-24-25)35(37,38)39)41(30)34(26-14-8-5-9-15-26,27-16-10-6-11-17-27)28-18-12-7-13-19-28/h5-24,30,33H,3-4H2,1-2H3. The van der Waals surface area contributed by atoms with Gasteiger partial charge in [-0.25, -0.2) is 4.39 Å². The lowest BCUT2D eigenvalue weighted by atomic mass is 9.73. The molecule has 4 nitrogen and oxygen atoms in total. The summed E-state index contributed by atoms with van der Waals surface area (Å²) in [5.74, 6) is -0.628. The molecule has 0 amide bonds. The van der Waals surface area contributed by atoms with Crippen molar-refractivity contribution in [2.24, 2.45) is 0 Å². The molecule has 0 N–H and O–H groups in total. The highest BCUT2D eigenvalue weighted by molar-refractivity contribution is 5.73. The summed E-state index contributed by atoms with van der Waals surface area (Å²) in [6.07, 6.45) is -1.40. The zero-order valence-electron chi connectivity index (χ0n) is 23.8. The molecule has 0 spiro atoms. The van der Waals surface area contributed by atoms with E-state index in [4.69, 9.17) is 9.47 Å². The van der Waals surface area contributed by atoms with E-state index in [2.05, 4.69) is 4.98 Å². The second-order valence-electron chi connectivity index (χ2n) is 9.93. The molecule has 1 aromatic heterocycles. The van der Waals surface area contributed by atoms with Crippen LogP contribution in [-0.2, 0) is 21.2 Å². The summed E-state index contributed by atoms with van der Waals surface area (Å²) in [5.41, 5.74) is 0.419. The average molecular weight is 589 g/mol. The SMILES string of the molecule is CCOC(OCC)C1C=CC(F)=C(c2ccc(C(F)(F)F)nc2)N1C(c1ccccc1)(c1ccccc1)c1ccccc1. The summed E-state index contributed by atoms with van der Waals surface area (Å²) in [6, 6.07) is 30.4. The van der Waals surface area contributed by atoms with E-state index in [1.807, 2.05) is 110 Å². The summed E-state index contributed by atoms with van der Waals surface area (Å²) in [7, 11) is 0. The van der Waals surface area contributed by atoms with Crippen LogP contribution in [0.5, 0.6) is 0 Å². The number of hydrogen-bond donors (Lipinski definition) is 0. The molecule has 0 fully saturated rings. The molecule has 0 saturated carbocycles. The molecule has 8 heteroatoms. The van der Waals surface area contributed by atoms with Crippen molar-refractivity contribution in [3.8, 4) is 0 Å². The van der Waals surface area contributed by atoms with Crippen LogP contribution in [0.2, 0.25) is 0 Å². The van der Waals surface area contributed by atoms with Crippen LogP contribution in [0.1, 0.15) is 41.8 Å². The highest BCUT2D eigenvalue weighted by atomic mass is 19.4. The van der Waals surface area contributed by atoms with Gasteiger partial charge in [0.2, 0.25) is 0 Å². The number of aromatic nitrogens is 1. The molecule has 1 unspecified atom stereocenters. The van der Waals surface area contributed by atoms with Crippen LogP contribution in [0.25, 0.3) is 5.70 Å². The predicted molar refractivity (Wildman–Crippen MR) is 158 cm³/mol. The van der Waals surface area contributed by atoms with Crippen molar-refractivity contribution in [3.63, 3.8) is 0 Å². The van der Waals surface area contributed by atoms with Gasteiger partial charge in [0.05, 0.1) is 5.70 Å². The van der Waals surface area contributed by atoms with Gasteiger partial charge in [-0.1, -0.05) is 97.1 Å². The average Bonchev–Trinajstić information content (AvgIpc) is 3.03. The maximum absolute atomic E-state index is 16.4. The Morgan fingerprint density at radius 3 is 1.63 bits per heavy atom. The van der Waals surface area contributed by atoms with E-state index in [1.165, 1.54) is 12.1 Å². The Hall–Kier alpha value is -4.27. The van der Waals surface area contributed by atoms with Crippen molar-refractivity contribution in [1.82, 2.24) is 9.88 Å². The molecule has 1 atom stereocenters. The summed E-state index contributed by atoms with van der Waals surface area (Å²) in [4.78, 5) is 5.58. The Morgan fingerprint density at radius 1 is 0.744 bits per heavy atom. The van der Waals surface area contributed by atoms with Crippen LogP contribution in [-0.4, -0.2) is 35.4 Å². The first-order chi connectivity index (χ1) is 20.8. The van der Waals surface area contributed by atoms with Crippen LogP contribution in [0.15, 0.2) is 127 Å². The molecular formula is C35H32F4N2O2. The Morgan fingerprint density at radius 2 is 1.23 bits per heavy atom. The lowest BCUT2D eigenvalue weighted by Crippen LogP contribution is -2.56. The number of alkyl halides is 3. The van der Waals surface area contributed by atoms with Gasteiger partial charge in [0, 0.05) is 25.0 Å². The highest BCUT2D eigenvalue weighted by Crippen LogP contribution is 2.50. The van der Waals surface area contributed by atoms with Crippen molar-refractivity contribution >= 4 is 5.70 Å². The van der Waals surface area contributed by atoms with Crippen molar-refractivity contribution in [2.75, 3.05) is 13.2 Å². The number of ether oxygens (including phenoxy) is 2. The minimum absolute atomic E-state index is 0.0645. The second kappa shape index (κ2) is 12.9. The van der Waals surface area contributed by atoms with E-state index >= 15 is 4.39 Å². The maximum atomic E-state index is 16.4. The highest BCUT2D eigenvalue weighted by Gasteiger charge is 2.50. The minimum Gasteiger partial charge on any atom is -0.350 e. The number of rotatable bonds is 10. The first kappa shape index (κ1) is 30.2. The summed E-state index contributed by atoms with van der Waals surface area (Å²) in [5, 5.41) is 0. The van der Waals surface area contributed by atoms with Crippen molar-refractivity contribution in [1.29, 1.82) is 0 Å². The Labute approximate surface area is 248 Å². The third kappa shape index (κ3) is 5.85. The van der Waals surface area contributed by atoms with Crippen LogP contribution >= 0.6 is 0 Å². The molecule has 3 aromatic carbocycles. The molecule has 222 valence electrons. The zero-order valence-corrected chi connectivity index (χ0v) is 23.8. The van der Waals surface area contributed by atoms with Crippen LogP contribution in [0.4, 0.5) is 17.6 Å². The largest absolute Gasteiger partial charge is 0.433 e. The number of halogens is 4. The fraction of sp³-hybridized carbons (Fsp3) is 0.229. The summed E-state index contributed by atoms with van der Waals surface area (Å²) in [6.45, 7) is 4.33. The number of allylic oxidation sites excluding steroid dienone is 2. The molecule has 4 aromatic rings. The quantitative estimate of drug-likeness (QED) is 0.106. The molecule has 5 rings (SSSR count). The van der Waals surface area contributed by atoms with Gasteiger partial charge >= 0.3 is 6.18 Å². The fourth-order valence-electron chi connectivity index (χ4n) is 5.72. The van der Waals surface area contributed by atoms with Gasteiger partial charge < -0.3 is 14.4 Å². The molecule has 1 aliphatic heterocycles. The lowest BCUT2D eigenvalue weighted by Gasteiger charge is -2.53. The Bertz CT molecular complexity index is 1440. The summed E-state index contributed by atoms with van der Waals surface area (Å²) >= 11 is 0. The van der Waals surface area contributed by atoms with Crippen LogP contribution in [0, 0.1) is 0 Å². The Balaban J connectivity index is 1.89. The molecule has 1 aliphatic rings. The predicted octanol–water partition coefficient (Wildman–Crippen LogP) is 8.37. The molecule has 0 bridgehead atoms. The van der Waals surface area contributed by atoms with Gasteiger partial charge in [-0.2, -0.15) is 13.2 Å². The van der Waals surface area contributed by atoms with Crippen LogP contribution < -0.4 is 0 Å². The van der Waals surface area contributed by atoms with E-state index in [-0.39, 0.29) is 11.3 Å². The lowest BCUT2D eigenvalue weighted by molar-refractivity contribution is -0.164. The van der Waals surface area contributed by atoms with E-state index in [1.54, 1.807) is 6.08 Å². The first-order valence-electron chi connectivity index (χ1n) is 14.1. The Kier molecular flexibility index (Phi) is 9.08. The topological polar surface area (TPSA) is 34.6 Å². The van der Waals surface area contributed by atoms with Gasteiger partial charge in [-0.15, -0.1) is 0 Å². The molecule has 0 aliphatic carbocycles. The molecule has 0 radical (unpaired) electrons. The van der Waals surface area contributed by atoms with Gasteiger partial charge in [-0.05, 0) is 48.7 Å². The molecule has 0 saturated heterocycles. The maximum Gasteiger partial charge on any atom is 0.433 e. The molecular weight excluding hydrogens is 556 g/mol. The smallest absolute Gasteiger partial charge is 0.350 e. The monoisotopic (exact) mass is 588 g/mol. The third-order valence-corrected chi connectivity index (χ3v) is 7.41. The van der Waals surface area contributed by atoms with Gasteiger partial charge in [-0.3, -0.25) is 4.98 Å². The fourth-order valence-corrected chi connectivity index (χ4v) is 5.72. The number of benzene rings is 3.